The summed E-state index contributed by atoms with van der Waals surface area (Å²) >= 11 is 0. The van der Waals surface area contributed by atoms with E-state index in [4.69, 9.17) is 4.43 Å². The predicted octanol–water partition coefficient (Wildman–Crippen LogP) is 4.82. The molecule has 7 heteroatoms. The van der Waals surface area contributed by atoms with E-state index in [2.05, 4.69) is 73.3 Å². The maximum Gasteiger partial charge on any atom is 0.323 e. The molecule has 0 aliphatic carbocycles. The molecule has 1 saturated heterocycles. The number of benzene rings is 1. The summed E-state index contributed by atoms with van der Waals surface area (Å²) in [7, 11) is -1.90. The van der Waals surface area contributed by atoms with Gasteiger partial charge in [0.1, 0.15) is 11.6 Å². The standard InChI is InChI=1S/C23H34N4O2Si/c1-23(2,3)30(4,5)29-20-11-12-21(24-17-20)25-22(28)27-15-13-26(14-16-27)18-19-9-7-6-8-10-19/h6-12,17H,13-16,18H2,1-5H3,(H,24,25,28). The van der Waals surface area contributed by atoms with Crippen LogP contribution < -0.4 is 9.74 Å². The van der Waals surface area contributed by atoms with Crippen LogP contribution in [-0.2, 0) is 6.54 Å². The molecule has 1 aromatic heterocycles. The molecule has 3 rings (SSSR count). The maximum atomic E-state index is 12.6. The Morgan fingerprint density at radius 3 is 2.30 bits per heavy atom. The van der Waals surface area contributed by atoms with Gasteiger partial charge >= 0.3 is 6.03 Å². The number of amides is 2. The molecule has 1 aliphatic rings. The number of nitrogens with zero attached hydrogens (tertiary/aromatic N) is 3. The number of hydrogen-bond donors (Lipinski definition) is 1. The SMILES string of the molecule is CC(C)(C)[Si](C)(C)Oc1ccc(NC(=O)N2CCN(Cc3ccccc3)CC2)nc1. The van der Waals surface area contributed by atoms with Crippen molar-refractivity contribution in [3.05, 3.63) is 54.2 Å². The zero-order chi connectivity index (χ0) is 21.8. The highest BCUT2D eigenvalue weighted by molar-refractivity contribution is 6.74. The number of aromatic nitrogens is 1. The molecule has 0 bridgehead atoms. The fourth-order valence-corrected chi connectivity index (χ4v) is 4.12. The van der Waals surface area contributed by atoms with E-state index in [1.54, 1.807) is 6.20 Å². The highest BCUT2D eigenvalue weighted by Gasteiger charge is 2.39. The smallest absolute Gasteiger partial charge is 0.323 e. The van der Waals surface area contributed by atoms with Crippen LogP contribution in [0.25, 0.3) is 0 Å². The van der Waals surface area contributed by atoms with Crippen LogP contribution in [0, 0.1) is 0 Å². The van der Waals surface area contributed by atoms with Gasteiger partial charge in [-0.2, -0.15) is 0 Å². The summed E-state index contributed by atoms with van der Waals surface area (Å²) in [6.45, 7) is 15.1. The van der Waals surface area contributed by atoms with Crippen LogP contribution in [0.15, 0.2) is 48.7 Å². The molecule has 1 aromatic carbocycles. The first kappa shape index (κ1) is 22.3. The number of nitrogens with one attached hydrogen (secondary N) is 1. The zero-order valence-corrected chi connectivity index (χ0v) is 19.8. The number of piperazine rings is 1. The van der Waals surface area contributed by atoms with Crippen molar-refractivity contribution in [1.82, 2.24) is 14.8 Å². The molecule has 2 amide bonds. The minimum atomic E-state index is -1.90. The molecule has 0 atom stereocenters. The molecule has 0 unspecified atom stereocenters. The predicted molar refractivity (Wildman–Crippen MR) is 124 cm³/mol. The number of urea groups is 1. The molecule has 0 spiro atoms. The largest absolute Gasteiger partial charge is 0.542 e. The van der Waals surface area contributed by atoms with Crippen molar-refractivity contribution >= 4 is 20.2 Å². The number of hydrogen-bond acceptors (Lipinski definition) is 4. The first-order chi connectivity index (χ1) is 14.1. The van der Waals surface area contributed by atoms with Crippen LogP contribution in [0.2, 0.25) is 18.1 Å². The van der Waals surface area contributed by atoms with Gasteiger partial charge in [0.15, 0.2) is 0 Å². The third kappa shape index (κ3) is 5.83. The fourth-order valence-electron chi connectivity index (χ4n) is 3.10. The van der Waals surface area contributed by atoms with E-state index in [-0.39, 0.29) is 11.1 Å². The van der Waals surface area contributed by atoms with Crippen molar-refractivity contribution in [2.75, 3.05) is 31.5 Å². The molecular weight excluding hydrogens is 392 g/mol. The summed E-state index contributed by atoms with van der Waals surface area (Å²) < 4.78 is 6.25. The van der Waals surface area contributed by atoms with E-state index >= 15 is 0 Å². The quantitative estimate of drug-likeness (QED) is 0.697. The summed E-state index contributed by atoms with van der Waals surface area (Å²) in [5.41, 5.74) is 1.31. The second kappa shape index (κ2) is 9.18. The molecule has 1 aliphatic heterocycles. The van der Waals surface area contributed by atoms with Gasteiger partial charge in [-0.25, -0.2) is 9.78 Å². The van der Waals surface area contributed by atoms with Gasteiger partial charge in [-0.3, -0.25) is 10.2 Å². The average molecular weight is 427 g/mol. The normalized spacial score (nSPS) is 15.7. The highest BCUT2D eigenvalue weighted by Crippen LogP contribution is 2.37. The lowest BCUT2D eigenvalue weighted by Crippen LogP contribution is -2.49. The molecule has 1 fully saturated rings. The third-order valence-electron chi connectivity index (χ3n) is 6.06. The Hall–Kier alpha value is -2.38. The maximum absolute atomic E-state index is 12.6. The molecule has 0 saturated carbocycles. The summed E-state index contributed by atoms with van der Waals surface area (Å²) in [4.78, 5) is 21.2. The number of carbonyl (C=O) groups is 1. The van der Waals surface area contributed by atoms with Crippen molar-refractivity contribution in [2.24, 2.45) is 0 Å². The molecule has 2 aromatic rings. The van der Waals surface area contributed by atoms with Crippen LogP contribution in [0.5, 0.6) is 5.75 Å². The Morgan fingerprint density at radius 2 is 1.73 bits per heavy atom. The number of rotatable bonds is 5. The summed E-state index contributed by atoms with van der Waals surface area (Å²) in [5.74, 6) is 1.31. The Morgan fingerprint density at radius 1 is 1.07 bits per heavy atom. The van der Waals surface area contributed by atoms with Gasteiger partial charge in [0.05, 0.1) is 6.20 Å². The average Bonchev–Trinajstić information content (AvgIpc) is 2.70. The highest BCUT2D eigenvalue weighted by atomic mass is 28.4. The number of carbonyl (C=O) groups excluding carboxylic acids is 1. The lowest BCUT2D eigenvalue weighted by molar-refractivity contribution is 0.143. The van der Waals surface area contributed by atoms with E-state index in [1.165, 1.54) is 5.56 Å². The molecule has 2 heterocycles. The Balaban J connectivity index is 1.48. The monoisotopic (exact) mass is 426 g/mol. The Labute approximate surface area is 181 Å². The van der Waals surface area contributed by atoms with Crippen LogP contribution in [-0.4, -0.2) is 55.3 Å². The zero-order valence-electron chi connectivity index (χ0n) is 18.8. The first-order valence-electron chi connectivity index (χ1n) is 10.6. The molecule has 0 radical (unpaired) electrons. The van der Waals surface area contributed by atoms with Crippen molar-refractivity contribution in [3.8, 4) is 5.75 Å². The second-order valence-electron chi connectivity index (χ2n) is 9.42. The van der Waals surface area contributed by atoms with Crippen molar-refractivity contribution in [3.63, 3.8) is 0 Å². The molecule has 6 nitrogen and oxygen atoms in total. The summed E-state index contributed by atoms with van der Waals surface area (Å²) in [6.07, 6.45) is 1.70. The van der Waals surface area contributed by atoms with Crippen LogP contribution in [0.1, 0.15) is 26.3 Å². The molecule has 162 valence electrons. The molecule has 1 N–H and O–H groups in total. The third-order valence-corrected chi connectivity index (χ3v) is 10.4. The van der Waals surface area contributed by atoms with Gasteiger partial charge in [0.25, 0.3) is 8.32 Å². The second-order valence-corrected chi connectivity index (χ2v) is 14.1. The van der Waals surface area contributed by atoms with Gasteiger partial charge in [-0.15, -0.1) is 0 Å². The van der Waals surface area contributed by atoms with Gasteiger partial charge in [-0.1, -0.05) is 51.1 Å². The minimum absolute atomic E-state index is 0.0973. The van der Waals surface area contributed by atoms with Crippen molar-refractivity contribution in [2.45, 2.75) is 45.4 Å². The number of pyridine rings is 1. The molecular formula is C23H34N4O2Si. The van der Waals surface area contributed by atoms with E-state index in [0.29, 0.717) is 18.9 Å². The molecule has 30 heavy (non-hydrogen) atoms. The van der Waals surface area contributed by atoms with Gasteiger partial charge in [0.2, 0.25) is 0 Å². The van der Waals surface area contributed by atoms with Gasteiger partial charge < -0.3 is 9.33 Å². The topological polar surface area (TPSA) is 57.7 Å². The summed E-state index contributed by atoms with van der Waals surface area (Å²) in [5, 5.41) is 3.04. The van der Waals surface area contributed by atoms with E-state index in [9.17, 15) is 4.79 Å². The lowest BCUT2D eigenvalue weighted by atomic mass is 10.2. The minimum Gasteiger partial charge on any atom is -0.542 e. The fraction of sp³-hybridized carbons (Fsp3) is 0.478. The van der Waals surface area contributed by atoms with Crippen LogP contribution in [0.3, 0.4) is 0 Å². The van der Waals surface area contributed by atoms with E-state index in [0.717, 1.165) is 25.4 Å². The lowest BCUT2D eigenvalue weighted by Gasteiger charge is -2.36. The summed E-state index contributed by atoms with van der Waals surface area (Å²) in [6, 6.07) is 14.1. The van der Waals surface area contributed by atoms with Gasteiger partial charge in [0, 0.05) is 32.7 Å². The van der Waals surface area contributed by atoms with Crippen molar-refractivity contribution < 1.29 is 9.22 Å². The Kier molecular flexibility index (Phi) is 6.83. The number of anilines is 1. The van der Waals surface area contributed by atoms with E-state index < -0.39 is 8.32 Å². The Bertz CT molecular complexity index is 827. The van der Waals surface area contributed by atoms with Crippen molar-refractivity contribution in [1.29, 1.82) is 0 Å². The van der Waals surface area contributed by atoms with Crippen LogP contribution in [0.4, 0.5) is 10.6 Å². The van der Waals surface area contributed by atoms with Crippen LogP contribution >= 0.6 is 0 Å². The van der Waals surface area contributed by atoms with E-state index in [1.807, 2.05) is 23.1 Å². The van der Waals surface area contributed by atoms with Gasteiger partial charge in [-0.05, 0) is 35.8 Å². The first-order valence-corrected chi connectivity index (χ1v) is 13.5.